The van der Waals surface area contributed by atoms with Gasteiger partial charge in [0.25, 0.3) is 5.56 Å². The smallest absolute Gasteiger partial charge is 0.255 e. The maximum Gasteiger partial charge on any atom is 0.255 e. The first-order chi connectivity index (χ1) is 12.7. The molecule has 27 heavy (non-hydrogen) atoms. The summed E-state index contributed by atoms with van der Waals surface area (Å²) in [4.78, 5) is 27.2. The first-order valence-electron chi connectivity index (χ1n) is 9.20. The van der Waals surface area contributed by atoms with Crippen molar-refractivity contribution < 1.29 is 0 Å². The normalized spacial score (nSPS) is 15.3. The molecule has 0 unspecified atom stereocenters. The van der Waals surface area contributed by atoms with Crippen molar-refractivity contribution in [2.24, 2.45) is 0 Å². The summed E-state index contributed by atoms with van der Waals surface area (Å²) in [7, 11) is 0. The number of fused-ring (bicyclic) bond motifs is 2. The number of aromatic nitrogens is 4. The lowest BCUT2D eigenvalue weighted by atomic mass is 9.95. The molecule has 3 aromatic heterocycles. The van der Waals surface area contributed by atoms with Crippen LogP contribution in [-0.2, 0) is 24.9 Å². The summed E-state index contributed by atoms with van der Waals surface area (Å²) in [6.45, 7) is 10.4. The zero-order chi connectivity index (χ0) is 19.3. The monoisotopic (exact) mass is 385 g/mol. The van der Waals surface area contributed by atoms with E-state index in [1.807, 2.05) is 29.7 Å². The average Bonchev–Trinajstić information content (AvgIpc) is 2.89. The third kappa shape index (κ3) is 3.39. The molecule has 0 aromatic carbocycles. The Hall–Kier alpha value is -2.18. The molecule has 0 radical (unpaired) electrons. The SMILES string of the molecule is Cc1nc2ccc(Cl)cn2c1CN1CCc2nc(C(C)(C)C)[nH]c(=O)c2C1. The number of nitrogens with one attached hydrogen (secondary N) is 1. The Kier molecular flexibility index (Phi) is 4.35. The second-order valence-electron chi connectivity index (χ2n) is 8.27. The summed E-state index contributed by atoms with van der Waals surface area (Å²) < 4.78 is 2.04. The molecular weight excluding hydrogens is 362 g/mol. The molecular formula is C20H24ClN5O. The third-order valence-corrected chi connectivity index (χ3v) is 5.34. The van der Waals surface area contributed by atoms with Crippen molar-refractivity contribution in [3.8, 4) is 0 Å². The molecule has 1 N–H and O–H groups in total. The minimum absolute atomic E-state index is 0.0208. The maximum atomic E-state index is 12.6. The number of hydrogen-bond acceptors (Lipinski definition) is 4. The summed E-state index contributed by atoms with van der Waals surface area (Å²) in [5.41, 5.74) is 4.49. The Morgan fingerprint density at radius 1 is 1.26 bits per heavy atom. The van der Waals surface area contributed by atoms with Gasteiger partial charge in [-0.3, -0.25) is 9.69 Å². The van der Waals surface area contributed by atoms with Gasteiger partial charge in [0.2, 0.25) is 0 Å². The van der Waals surface area contributed by atoms with Crippen LogP contribution < -0.4 is 5.56 Å². The van der Waals surface area contributed by atoms with Crippen molar-refractivity contribution in [2.45, 2.75) is 52.6 Å². The van der Waals surface area contributed by atoms with Gasteiger partial charge in [-0.2, -0.15) is 0 Å². The number of imidazole rings is 1. The van der Waals surface area contributed by atoms with Crippen molar-refractivity contribution in [2.75, 3.05) is 6.54 Å². The number of pyridine rings is 1. The van der Waals surface area contributed by atoms with Crippen LogP contribution in [0.25, 0.3) is 5.65 Å². The van der Waals surface area contributed by atoms with Gasteiger partial charge in [0.15, 0.2) is 0 Å². The number of halogens is 1. The summed E-state index contributed by atoms with van der Waals surface area (Å²) in [6, 6.07) is 3.77. The lowest BCUT2D eigenvalue weighted by Gasteiger charge is -2.29. The van der Waals surface area contributed by atoms with Crippen LogP contribution in [0.4, 0.5) is 0 Å². The third-order valence-electron chi connectivity index (χ3n) is 5.11. The fourth-order valence-electron chi connectivity index (χ4n) is 3.56. The molecule has 4 heterocycles. The molecule has 0 saturated heterocycles. The molecule has 1 aliphatic heterocycles. The van der Waals surface area contributed by atoms with Crippen LogP contribution in [0.15, 0.2) is 23.1 Å². The number of nitrogens with zero attached hydrogens (tertiary/aromatic N) is 4. The Morgan fingerprint density at radius 3 is 2.78 bits per heavy atom. The number of aryl methyl sites for hydroxylation is 1. The molecule has 0 bridgehead atoms. The predicted molar refractivity (Wildman–Crippen MR) is 106 cm³/mol. The molecule has 7 heteroatoms. The number of hydrogen-bond donors (Lipinski definition) is 1. The first kappa shape index (κ1) is 18.2. The van der Waals surface area contributed by atoms with Crippen molar-refractivity contribution >= 4 is 17.2 Å². The highest BCUT2D eigenvalue weighted by atomic mass is 35.5. The van der Waals surface area contributed by atoms with E-state index in [9.17, 15) is 4.79 Å². The molecule has 142 valence electrons. The molecule has 0 amide bonds. The van der Waals surface area contributed by atoms with Crippen LogP contribution in [0.2, 0.25) is 5.02 Å². The van der Waals surface area contributed by atoms with Crippen LogP contribution in [0.3, 0.4) is 0 Å². The fourth-order valence-corrected chi connectivity index (χ4v) is 3.72. The van der Waals surface area contributed by atoms with Gasteiger partial charge in [-0.1, -0.05) is 32.4 Å². The Morgan fingerprint density at radius 2 is 2.04 bits per heavy atom. The average molecular weight is 386 g/mol. The van der Waals surface area contributed by atoms with Gasteiger partial charge in [-0.15, -0.1) is 0 Å². The standard InChI is InChI=1S/C20H24ClN5O/c1-12-16(26-9-13(21)5-6-17(26)22-12)11-25-8-7-15-14(10-25)18(27)24-19(23-15)20(2,3)4/h5-6,9H,7-8,10-11H2,1-4H3,(H,23,24,27). The van der Waals surface area contributed by atoms with Crippen LogP contribution >= 0.6 is 11.6 Å². The summed E-state index contributed by atoms with van der Waals surface area (Å²) in [6.07, 6.45) is 2.67. The fraction of sp³-hybridized carbons (Fsp3) is 0.450. The van der Waals surface area contributed by atoms with Crippen LogP contribution in [0.5, 0.6) is 0 Å². The quantitative estimate of drug-likeness (QED) is 0.735. The van der Waals surface area contributed by atoms with E-state index in [2.05, 4.69) is 35.6 Å². The van der Waals surface area contributed by atoms with E-state index < -0.39 is 0 Å². The van der Waals surface area contributed by atoms with E-state index in [4.69, 9.17) is 16.6 Å². The first-order valence-corrected chi connectivity index (χ1v) is 9.58. The second kappa shape index (κ2) is 6.46. The summed E-state index contributed by atoms with van der Waals surface area (Å²) in [5.74, 6) is 0.756. The van der Waals surface area contributed by atoms with Gasteiger partial charge in [-0.25, -0.2) is 9.97 Å². The molecule has 0 spiro atoms. The Labute approximate surface area is 163 Å². The van der Waals surface area contributed by atoms with E-state index >= 15 is 0 Å². The lowest BCUT2D eigenvalue weighted by Crippen LogP contribution is -2.37. The maximum absolute atomic E-state index is 12.6. The molecule has 4 rings (SSSR count). The topological polar surface area (TPSA) is 66.3 Å². The van der Waals surface area contributed by atoms with Gasteiger partial charge in [0, 0.05) is 37.7 Å². The number of aromatic amines is 1. The minimum atomic E-state index is -0.168. The predicted octanol–water partition coefficient (Wildman–Crippen LogP) is 3.24. The van der Waals surface area contributed by atoms with Crippen molar-refractivity contribution in [3.05, 3.63) is 62.2 Å². The van der Waals surface area contributed by atoms with Gasteiger partial charge in [0.1, 0.15) is 11.5 Å². The second-order valence-corrected chi connectivity index (χ2v) is 8.71. The summed E-state index contributed by atoms with van der Waals surface area (Å²) in [5, 5.41) is 0.681. The van der Waals surface area contributed by atoms with Gasteiger partial charge >= 0.3 is 0 Å². The van der Waals surface area contributed by atoms with E-state index in [0.29, 0.717) is 18.1 Å². The zero-order valence-corrected chi connectivity index (χ0v) is 16.9. The highest BCUT2D eigenvalue weighted by Crippen LogP contribution is 2.23. The molecule has 0 atom stereocenters. The van der Waals surface area contributed by atoms with Gasteiger partial charge in [0.05, 0.1) is 27.7 Å². The molecule has 6 nitrogen and oxygen atoms in total. The van der Waals surface area contributed by atoms with E-state index in [1.54, 1.807) is 0 Å². The highest BCUT2D eigenvalue weighted by Gasteiger charge is 2.25. The van der Waals surface area contributed by atoms with E-state index in [1.165, 1.54) is 0 Å². The van der Waals surface area contributed by atoms with E-state index in [0.717, 1.165) is 47.1 Å². The molecule has 0 saturated carbocycles. The Balaban J connectivity index is 1.64. The lowest BCUT2D eigenvalue weighted by molar-refractivity contribution is 0.237. The zero-order valence-electron chi connectivity index (χ0n) is 16.1. The van der Waals surface area contributed by atoms with E-state index in [-0.39, 0.29) is 11.0 Å². The van der Waals surface area contributed by atoms with Crippen LogP contribution in [-0.4, -0.2) is 30.8 Å². The van der Waals surface area contributed by atoms with Gasteiger partial charge < -0.3 is 9.38 Å². The van der Waals surface area contributed by atoms with Crippen molar-refractivity contribution in [1.29, 1.82) is 0 Å². The van der Waals surface area contributed by atoms with Gasteiger partial charge in [-0.05, 0) is 19.1 Å². The summed E-state index contributed by atoms with van der Waals surface area (Å²) >= 11 is 6.17. The largest absolute Gasteiger partial charge is 0.310 e. The van der Waals surface area contributed by atoms with Crippen LogP contribution in [0, 0.1) is 6.92 Å². The van der Waals surface area contributed by atoms with Crippen molar-refractivity contribution in [3.63, 3.8) is 0 Å². The van der Waals surface area contributed by atoms with Crippen LogP contribution in [0.1, 0.15) is 49.2 Å². The highest BCUT2D eigenvalue weighted by molar-refractivity contribution is 6.30. The number of rotatable bonds is 2. The minimum Gasteiger partial charge on any atom is -0.310 e. The number of H-pyrrole nitrogens is 1. The Bertz CT molecular complexity index is 1080. The molecule has 1 aliphatic rings. The van der Waals surface area contributed by atoms with Crippen molar-refractivity contribution in [1.82, 2.24) is 24.3 Å². The molecule has 0 aliphatic carbocycles. The molecule has 3 aromatic rings. The molecule has 0 fully saturated rings.